The third kappa shape index (κ3) is 4.55. The quantitative estimate of drug-likeness (QED) is 0.784. The maximum Gasteiger partial charge on any atom is 0.224 e. The minimum absolute atomic E-state index is 0.0386. The van der Waals surface area contributed by atoms with Gasteiger partial charge in [0.2, 0.25) is 5.91 Å². The van der Waals surface area contributed by atoms with E-state index >= 15 is 0 Å². The van der Waals surface area contributed by atoms with E-state index in [0.717, 1.165) is 5.56 Å². The van der Waals surface area contributed by atoms with Crippen LogP contribution < -0.4 is 5.32 Å². The highest BCUT2D eigenvalue weighted by Gasteiger charge is 2.15. The number of rotatable bonds is 6. The largest absolute Gasteiger partial charge is 0.506 e. The average molecular weight is 351 g/mol. The second kappa shape index (κ2) is 7.44. The van der Waals surface area contributed by atoms with Gasteiger partial charge in [-0.05, 0) is 42.3 Å². The van der Waals surface area contributed by atoms with Gasteiger partial charge in [-0.2, -0.15) is 0 Å². The predicted molar refractivity (Wildman–Crippen MR) is 89.2 cm³/mol. The molecule has 5 nitrogen and oxygen atoms in total. The summed E-state index contributed by atoms with van der Waals surface area (Å²) in [5.74, 6) is -1.00. The van der Waals surface area contributed by atoms with E-state index in [9.17, 15) is 22.7 Å². The number of hydrogen-bond donors (Lipinski definition) is 2. The van der Waals surface area contributed by atoms with E-state index in [1.54, 1.807) is 12.1 Å². The lowest BCUT2D eigenvalue weighted by Crippen LogP contribution is -2.13. The number of aryl methyl sites for hydroxylation is 1. The summed E-state index contributed by atoms with van der Waals surface area (Å²) in [7, 11) is -3.43. The smallest absolute Gasteiger partial charge is 0.224 e. The lowest BCUT2D eigenvalue weighted by Gasteiger charge is -2.10. The maximum absolute atomic E-state index is 12.8. The molecule has 24 heavy (non-hydrogen) atoms. The van der Waals surface area contributed by atoms with Gasteiger partial charge in [0.1, 0.15) is 11.6 Å². The molecular weight excluding hydrogens is 333 g/mol. The van der Waals surface area contributed by atoms with Crippen LogP contribution in [0.15, 0.2) is 47.4 Å². The van der Waals surface area contributed by atoms with Crippen molar-refractivity contribution in [3.63, 3.8) is 0 Å². The molecule has 0 aromatic heterocycles. The number of carbonyl (C=O) groups excluding carboxylic acids is 1. The molecule has 2 aromatic carbocycles. The Morgan fingerprint density at radius 1 is 1.17 bits per heavy atom. The molecule has 0 aliphatic carbocycles. The van der Waals surface area contributed by atoms with Crippen molar-refractivity contribution in [2.45, 2.75) is 24.7 Å². The van der Waals surface area contributed by atoms with Crippen LogP contribution >= 0.6 is 0 Å². The van der Waals surface area contributed by atoms with E-state index < -0.39 is 9.84 Å². The molecule has 0 radical (unpaired) electrons. The minimum atomic E-state index is -3.43. The van der Waals surface area contributed by atoms with Crippen LogP contribution in [0.5, 0.6) is 5.75 Å². The van der Waals surface area contributed by atoms with E-state index in [1.807, 2.05) is 0 Å². The summed E-state index contributed by atoms with van der Waals surface area (Å²) in [6.07, 6.45) is 0.523. The van der Waals surface area contributed by atoms with Gasteiger partial charge < -0.3 is 10.4 Å². The van der Waals surface area contributed by atoms with Crippen molar-refractivity contribution in [3.8, 4) is 5.75 Å². The number of phenolic OH excluding ortho intramolecular Hbond substituents is 1. The van der Waals surface area contributed by atoms with Crippen molar-refractivity contribution in [3.05, 3.63) is 53.8 Å². The average Bonchev–Trinajstić information content (AvgIpc) is 2.56. The summed E-state index contributed by atoms with van der Waals surface area (Å²) in [6.45, 7) is 1.52. The molecule has 0 spiro atoms. The highest BCUT2D eigenvalue weighted by molar-refractivity contribution is 7.91. The molecule has 2 N–H and O–H groups in total. The summed E-state index contributed by atoms with van der Waals surface area (Å²) < 4.78 is 36.6. The van der Waals surface area contributed by atoms with Crippen LogP contribution in [0.2, 0.25) is 0 Å². The van der Waals surface area contributed by atoms with E-state index in [1.165, 1.54) is 37.3 Å². The molecule has 0 aliphatic heterocycles. The van der Waals surface area contributed by atoms with E-state index in [2.05, 4.69) is 5.32 Å². The molecule has 0 fully saturated rings. The van der Waals surface area contributed by atoms with Gasteiger partial charge in [-0.15, -0.1) is 0 Å². The summed E-state index contributed by atoms with van der Waals surface area (Å²) in [5, 5.41) is 12.3. The number of nitrogens with one attached hydrogen (secondary N) is 1. The number of amides is 1. The number of benzene rings is 2. The molecule has 0 atom stereocenters. The summed E-state index contributed by atoms with van der Waals surface area (Å²) in [5.41, 5.74) is 0.853. The summed E-state index contributed by atoms with van der Waals surface area (Å²) in [6, 6.07) is 9.59. The molecule has 2 aromatic rings. The van der Waals surface area contributed by atoms with Crippen LogP contribution in [0, 0.1) is 5.82 Å². The summed E-state index contributed by atoms with van der Waals surface area (Å²) in [4.78, 5) is 12.0. The number of aromatic hydroxyl groups is 1. The highest BCUT2D eigenvalue weighted by Crippen LogP contribution is 2.27. The summed E-state index contributed by atoms with van der Waals surface area (Å²) >= 11 is 0. The van der Waals surface area contributed by atoms with Crippen LogP contribution in [-0.2, 0) is 21.1 Å². The van der Waals surface area contributed by atoms with Crippen molar-refractivity contribution < 1.29 is 22.7 Å². The van der Waals surface area contributed by atoms with E-state index in [4.69, 9.17) is 0 Å². The van der Waals surface area contributed by atoms with Crippen molar-refractivity contribution in [1.82, 2.24) is 0 Å². The van der Waals surface area contributed by atoms with E-state index in [-0.39, 0.29) is 40.2 Å². The van der Waals surface area contributed by atoms with Gasteiger partial charge in [0.25, 0.3) is 0 Å². The van der Waals surface area contributed by atoms with Crippen LogP contribution in [0.4, 0.5) is 10.1 Å². The molecule has 0 saturated heterocycles. The van der Waals surface area contributed by atoms with Gasteiger partial charge in [-0.1, -0.05) is 19.1 Å². The Morgan fingerprint density at radius 3 is 2.46 bits per heavy atom. The molecule has 7 heteroatoms. The second-order valence-electron chi connectivity index (χ2n) is 5.26. The zero-order chi connectivity index (χ0) is 17.7. The van der Waals surface area contributed by atoms with Crippen molar-refractivity contribution in [2.24, 2.45) is 0 Å². The monoisotopic (exact) mass is 351 g/mol. The Labute approximate surface area is 140 Å². The number of hydrogen-bond acceptors (Lipinski definition) is 4. The van der Waals surface area contributed by atoms with Crippen LogP contribution in [-0.4, -0.2) is 25.2 Å². The normalized spacial score (nSPS) is 11.2. The molecule has 0 unspecified atom stereocenters. The Bertz CT molecular complexity index is 832. The van der Waals surface area contributed by atoms with Crippen LogP contribution in [0.3, 0.4) is 0 Å². The molecule has 0 saturated carbocycles. The first-order chi connectivity index (χ1) is 11.3. The topological polar surface area (TPSA) is 83.5 Å². The van der Waals surface area contributed by atoms with Gasteiger partial charge in [-0.3, -0.25) is 4.79 Å². The molecule has 0 bridgehead atoms. The standard InChI is InChI=1S/C17H18FNO4S/c1-2-24(22,23)14-8-9-16(20)15(11-14)19-17(21)10-5-12-3-6-13(18)7-4-12/h3-4,6-9,11,20H,2,5,10H2,1H3,(H,19,21). The fraction of sp³-hybridized carbons (Fsp3) is 0.235. The molecular formula is C17H18FNO4S. The van der Waals surface area contributed by atoms with Gasteiger partial charge in [0.15, 0.2) is 9.84 Å². The number of anilines is 1. The van der Waals surface area contributed by atoms with E-state index in [0.29, 0.717) is 6.42 Å². The highest BCUT2D eigenvalue weighted by atomic mass is 32.2. The van der Waals surface area contributed by atoms with Gasteiger partial charge in [0, 0.05) is 6.42 Å². The lowest BCUT2D eigenvalue weighted by atomic mass is 10.1. The van der Waals surface area contributed by atoms with Gasteiger partial charge >= 0.3 is 0 Å². The zero-order valence-electron chi connectivity index (χ0n) is 13.1. The Morgan fingerprint density at radius 2 is 1.83 bits per heavy atom. The third-order valence-electron chi connectivity index (χ3n) is 3.54. The third-order valence-corrected chi connectivity index (χ3v) is 5.27. The van der Waals surface area contributed by atoms with Crippen molar-refractivity contribution in [2.75, 3.05) is 11.1 Å². The van der Waals surface area contributed by atoms with Crippen LogP contribution in [0.25, 0.3) is 0 Å². The first-order valence-corrected chi connectivity index (χ1v) is 9.07. The molecule has 2 rings (SSSR count). The Kier molecular flexibility index (Phi) is 5.56. The second-order valence-corrected chi connectivity index (χ2v) is 7.54. The number of sulfone groups is 1. The molecule has 1 amide bonds. The lowest BCUT2D eigenvalue weighted by molar-refractivity contribution is -0.116. The zero-order valence-corrected chi connectivity index (χ0v) is 13.9. The number of phenols is 1. The molecule has 128 valence electrons. The number of carbonyl (C=O) groups is 1. The van der Waals surface area contributed by atoms with Crippen molar-refractivity contribution >= 4 is 21.4 Å². The fourth-order valence-corrected chi connectivity index (χ4v) is 3.00. The number of halogens is 1. The first-order valence-electron chi connectivity index (χ1n) is 7.42. The van der Waals surface area contributed by atoms with Crippen LogP contribution in [0.1, 0.15) is 18.9 Å². The fourth-order valence-electron chi connectivity index (χ4n) is 2.10. The predicted octanol–water partition coefficient (Wildman–Crippen LogP) is 2.90. The minimum Gasteiger partial charge on any atom is -0.506 e. The molecule has 0 aliphatic rings. The molecule has 0 heterocycles. The Balaban J connectivity index is 2.05. The Hall–Kier alpha value is -2.41. The van der Waals surface area contributed by atoms with Gasteiger partial charge in [-0.25, -0.2) is 12.8 Å². The van der Waals surface area contributed by atoms with Crippen molar-refractivity contribution in [1.29, 1.82) is 0 Å². The SMILES string of the molecule is CCS(=O)(=O)c1ccc(O)c(NC(=O)CCc2ccc(F)cc2)c1. The maximum atomic E-state index is 12.8. The van der Waals surface area contributed by atoms with Gasteiger partial charge in [0.05, 0.1) is 16.3 Å². The first kappa shape index (κ1) is 17.9.